The SMILES string of the molecule is Clc1ccc(CCCn2cc(Cn3cnnn3)[nH]2)cc1. The monoisotopic (exact) mass is 290 g/mol. The summed E-state index contributed by atoms with van der Waals surface area (Å²) in [5.41, 5.74) is 2.43. The highest BCUT2D eigenvalue weighted by Crippen LogP contribution is 2.11. The predicted molar refractivity (Wildman–Crippen MR) is 75.5 cm³/mol. The minimum atomic E-state index is 0.681. The molecule has 7 heteroatoms. The van der Waals surface area contributed by atoms with Crippen LogP contribution >= 0.6 is 11.6 Å². The standard InChI is InChI=1S/C13H15ClN6/c14-12-5-3-11(4-6-12)2-1-7-19-8-13(16-19)9-20-10-15-17-18-20/h3-6,8,10,16H,1-2,7,9H2. The van der Waals surface area contributed by atoms with Crippen molar-refractivity contribution >= 4 is 11.6 Å². The maximum atomic E-state index is 5.86. The van der Waals surface area contributed by atoms with Gasteiger partial charge in [-0.05, 0) is 41.0 Å². The summed E-state index contributed by atoms with van der Waals surface area (Å²) in [6, 6.07) is 8.02. The third-order valence-corrected chi connectivity index (χ3v) is 3.35. The van der Waals surface area contributed by atoms with Crippen LogP contribution in [-0.4, -0.2) is 30.0 Å². The summed E-state index contributed by atoms with van der Waals surface area (Å²) in [6.45, 7) is 1.66. The zero-order chi connectivity index (χ0) is 13.8. The third kappa shape index (κ3) is 3.27. The molecule has 0 aliphatic rings. The number of tetrazole rings is 1. The number of aromatic nitrogens is 6. The molecule has 3 rings (SSSR count). The quantitative estimate of drug-likeness (QED) is 0.756. The van der Waals surface area contributed by atoms with E-state index < -0.39 is 0 Å². The molecule has 0 aliphatic carbocycles. The molecule has 2 heterocycles. The predicted octanol–water partition coefficient (Wildman–Crippen LogP) is 2.14. The van der Waals surface area contributed by atoms with Crippen LogP contribution in [0.25, 0.3) is 0 Å². The topological polar surface area (TPSA) is 64.3 Å². The number of nitrogens with one attached hydrogen (secondary N) is 1. The van der Waals surface area contributed by atoms with Crippen molar-refractivity contribution in [2.24, 2.45) is 0 Å². The molecule has 0 amide bonds. The number of hydrogen-bond donors (Lipinski definition) is 1. The van der Waals surface area contributed by atoms with E-state index in [0.717, 1.165) is 30.1 Å². The van der Waals surface area contributed by atoms with Crippen LogP contribution < -0.4 is 0 Å². The van der Waals surface area contributed by atoms with Crippen LogP contribution in [0, 0.1) is 0 Å². The summed E-state index contributed by atoms with van der Waals surface area (Å²) < 4.78 is 3.76. The molecule has 0 radical (unpaired) electrons. The first kappa shape index (κ1) is 12.9. The molecule has 104 valence electrons. The van der Waals surface area contributed by atoms with Crippen molar-refractivity contribution in [3.05, 3.63) is 53.1 Å². The third-order valence-electron chi connectivity index (χ3n) is 3.10. The Morgan fingerprint density at radius 1 is 1.20 bits per heavy atom. The molecule has 0 saturated heterocycles. The van der Waals surface area contributed by atoms with Crippen molar-refractivity contribution < 1.29 is 0 Å². The lowest BCUT2D eigenvalue weighted by Crippen LogP contribution is -2.16. The fraction of sp³-hybridized carbons (Fsp3) is 0.308. The zero-order valence-corrected chi connectivity index (χ0v) is 11.7. The summed E-state index contributed by atoms with van der Waals surface area (Å²) in [7, 11) is 0. The van der Waals surface area contributed by atoms with Gasteiger partial charge in [-0.1, -0.05) is 23.7 Å². The van der Waals surface area contributed by atoms with E-state index in [1.165, 1.54) is 5.56 Å². The molecule has 0 atom stereocenters. The molecule has 1 aromatic carbocycles. The summed E-state index contributed by atoms with van der Waals surface area (Å²) in [6.07, 6.45) is 5.82. The molecule has 0 spiro atoms. The first-order chi connectivity index (χ1) is 9.79. The van der Waals surface area contributed by atoms with Gasteiger partial charge in [-0.2, -0.15) is 0 Å². The average molecular weight is 291 g/mol. The smallest absolute Gasteiger partial charge is 0.138 e. The van der Waals surface area contributed by atoms with E-state index in [1.54, 1.807) is 11.0 Å². The second-order valence-corrected chi connectivity index (χ2v) is 5.13. The number of benzene rings is 1. The number of rotatable bonds is 6. The molecule has 3 aromatic rings. The zero-order valence-electron chi connectivity index (χ0n) is 10.9. The van der Waals surface area contributed by atoms with Gasteiger partial charge >= 0.3 is 0 Å². The van der Waals surface area contributed by atoms with Gasteiger partial charge in [0.05, 0.1) is 12.2 Å². The van der Waals surface area contributed by atoms with E-state index in [2.05, 4.69) is 43.6 Å². The second-order valence-electron chi connectivity index (χ2n) is 4.70. The Kier molecular flexibility index (Phi) is 3.83. The number of H-pyrrole nitrogens is 1. The van der Waals surface area contributed by atoms with E-state index in [9.17, 15) is 0 Å². The number of nitrogens with zero attached hydrogens (tertiary/aromatic N) is 5. The summed E-state index contributed by atoms with van der Waals surface area (Å²) in [5, 5.41) is 15.1. The van der Waals surface area contributed by atoms with Crippen molar-refractivity contribution in [2.45, 2.75) is 25.9 Å². The van der Waals surface area contributed by atoms with Crippen molar-refractivity contribution in [1.29, 1.82) is 0 Å². The molecule has 1 N–H and O–H groups in total. The van der Waals surface area contributed by atoms with Crippen LogP contribution in [-0.2, 0) is 19.5 Å². The highest BCUT2D eigenvalue weighted by atomic mass is 35.5. The number of halogens is 1. The van der Waals surface area contributed by atoms with Crippen molar-refractivity contribution in [1.82, 2.24) is 30.0 Å². The highest BCUT2D eigenvalue weighted by Gasteiger charge is 2.03. The van der Waals surface area contributed by atoms with Crippen molar-refractivity contribution in [3.63, 3.8) is 0 Å². The first-order valence-corrected chi connectivity index (χ1v) is 6.86. The van der Waals surface area contributed by atoms with Gasteiger partial charge in [-0.3, -0.25) is 9.78 Å². The fourth-order valence-corrected chi connectivity index (χ4v) is 2.22. The maximum absolute atomic E-state index is 5.86. The van der Waals surface area contributed by atoms with E-state index >= 15 is 0 Å². The molecule has 20 heavy (non-hydrogen) atoms. The van der Waals surface area contributed by atoms with Gasteiger partial charge in [0, 0.05) is 17.8 Å². The summed E-state index contributed by atoms with van der Waals surface area (Å²) >= 11 is 5.86. The Labute approximate surface area is 121 Å². The lowest BCUT2D eigenvalue weighted by Gasteiger charge is -2.15. The molecular weight excluding hydrogens is 276 g/mol. The molecule has 0 bridgehead atoms. The van der Waals surface area contributed by atoms with Gasteiger partial charge in [0.15, 0.2) is 0 Å². The Morgan fingerprint density at radius 2 is 2.00 bits per heavy atom. The van der Waals surface area contributed by atoms with Gasteiger partial charge in [0.2, 0.25) is 0 Å². The molecule has 6 nitrogen and oxygen atoms in total. The second kappa shape index (κ2) is 5.92. The molecule has 2 aromatic heterocycles. The normalized spacial score (nSPS) is 11.1. The Balaban J connectivity index is 1.42. The van der Waals surface area contributed by atoms with Crippen molar-refractivity contribution in [3.8, 4) is 0 Å². The molecule has 0 saturated carbocycles. The van der Waals surface area contributed by atoms with E-state index in [0.29, 0.717) is 6.54 Å². The Morgan fingerprint density at radius 3 is 2.70 bits per heavy atom. The minimum absolute atomic E-state index is 0.681. The van der Waals surface area contributed by atoms with Gasteiger partial charge in [0.1, 0.15) is 6.33 Å². The van der Waals surface area contributed by atoms with E-state index in [4.69, 9.17) is 11.6 Å². The highest BCUT2D eigenvalue weighted by molar-refractivity contribution is 6.30. The van der Waals surface area contributed by atoms with Gasteiger partial charge < -0.3 is 0 Å². The average Bonchev–Trinajstić information content (AvgIpc) is 2.91. The number of hydrogen-bond acceptors (Lipinski definition) is 3. The lowest BCUT2D eigenvalue weighted by atomic mass is 10.1. The van der Waals surface area contributed by atoms with E-state index in [-0.39, 0.29) is 0 Å². The number of aromatic amines is 1. The van der Waals surface area contributed by atoms with Gasteiger partial charge in [-0.25, -0.2) is 4.68 Å². The lowest BCUT2D eigenvalue weighted by molar-refractivity contribution is 0.498. The van der Waals surface area contributed by atoms with Crippen molar-refractivity contribution in [2.75, 3.05) is 0 Å². The van der Waals surface area contributed by atoms with Crippen LogP contribution in [0.4, 0.5) is 0 Å². The van der Waals surface area contributed by atoms with Crippen LogP contribution in [0.15, 0.2) is 36.8 Å². The van der Waals surface area contributed by atoms with Gasteiger partial charge in [0.25, 0.3) is 0 Å². The van der Waals surface area contributed by atoms with Crippen LogP contribution in [0.1, 0.15) is 17.7 Å². The fourth-order valence-electron chi connectivity index (χ4n) is 2.10. The van der Waals surface area contributed by atoms with E-state index in [1.807, 2.05) is 12.1 Å². The molecule has 0 fully saturated rings. The Hall–Kier alpha value is -2.08. The summed E-state index contributed by atoms with van der Waals surface area (Å²) in [4.78, 5) is 0. The van der Waals surface area contributed by atoms with Crippen LogP contribution in [0.2, 0.25) is 5.02 Å². The molecule has 0 unspecified atom stereocenters. The molecular formula is C13H15ClN6. The largest absolute Gasteiger partial charge is 0.300 e. The van der Waals surface area contributed by atoms with Gasteiger partial charge in [-0.15, -0.1) is 5.10 Å². The Bertz CT molecular complexity index is 625. The number of aryl methyl sites for hydroxylation is 2. The van der Waals surface area contributed by atoms with Crippen LogP contribution in [0.5, 0.6) is 0 Å². The summed E-state index contributed by atoms with van der Waals surface area (Å²) in [5.74, 6) is 0. The first-order valence-electron chi connectivity index (χ1n) is 6.49. The molecule has 0 aliphatic heterocycles. The minimum Gasteiger partial charge on any atom is -0.300 e. The van der Waals surface area contributed by atoms with Crippen LogP contribution in [0.3, 0.4) is 0 Å². The maximum Gasteiger partial charge on any atom is 0.138 e.